The van der Waals surface area contributed by atoms with Gasteiger partial charge in [-0.2, -0.15) is 0 Å². The van der Waals surface area contributed by atoms with E-state index in [1.54, 1.807) is 0 Å². The van der Waals surface area contributed by atoms with Gasteiger partial charge >= 0.3 is 0 Å². The van der Waals surface area contributed by atoms with Gasteiger partial charge in [-0.15, -0.1) is 0 Å². The van der Waals surface area contributed by atoms with E-state index in [0.717, 1.165) is 19.6 Å². The van der Waals surface area contributed by atoms with Crippen LogP contribution in [-0.4, -0.2) is 25.7 Å². The normalized spacial score (nSPS) is 23.5. The monoisotopic (exact) mass is 260 g/mol. The van der Waals surface area contributed by atoms with Crippen molar-refractivity contribution in [2.24, 2.45) is 5.41 Å². The molecule has 1 atom stereocenters. The molecule has 0 bridgehead atoms. The van der Waals surface area contributed by atoms with Gasteiger partial charge in [0.1, 0.15) is 0 Å². The van der Waals surface area contributed by atoms with Gasteiger partial charge in [0.15, 0.2) is 0 Å². The molecule has 1 heterocycles. The number of nitrogens with one attached hydrogen (secondary N) is 1. The lowest BCUT2D eigenvalue weighted by atomic mass is 9.92. The highest BCUT2D eigenvalue weighted by molar-refractivity contribution is 5.56. The molecule has 1 aliphatic heterocycles. The van der Waals surface area contributed by atoms with Crippen LogP contribution in [0.3, 0.4) is 0 Å². The molecular weight excluding hydrogens is 232 g/mol. The van der Waals surface area contributed by atoms with Gasteiger partial charge in [-0.1, -0.05) is 45.9 Å². The summed E-state index contributed by atoms with van der Waals surface area (Å²) in [6, 6.07) is 9.43. The van der Waals surface area contributed by atoms with Crippen molar-refractivity contribution in [3.05, 3.63) is 29.8 Å². The van der Waals surface area contributed by atoms with E-state index >= 15 is 0 Å². The average molecular weight is 260 g/mol. The summed E-state index contributed by atoms with van der Waals surface area (Å²) in [4.78, 5) is 2.59. The van der Waals surface area contributed by atoms with E-state index in [0.29, 0.717) is 17.4 Å². The third-order valence-electron chi connectivity index (χ3n) is 4.04. The maximum Gasteiger partial charge on any atom is 0.0404 e. The minimum atomic E-state index is 0.314. The SMILES string of the molecule is CC(C)c1ccccc1N1CC(C)(C)CNCC1C. The minimum absolute atomic E-state index is 0.314. The van der Waals surface area contributed by atoms with E-state index in [9.17, 15) is 0 Å². The number of para-hydroxylation sites is 1. The lowest BCUT2D eigenvalue weighted by Gasteiger charge is -2.36. The Morgan fingerprint density at radius 2 is 1.95 bits per heavy atom. The van der Waals surface area contributed by atoms with Gasteiger partial charge in [0.05, 0.1) is 0 Å². The highest BCUT2D eigenvalue weighted by Gasteiger charge is 2.29. The highest BCUT2D eigenvalue weighted by Crippen LogP contribution is 2.32. The molecular formula is C17H28N2. The largest absolute Gasteiger partial charge is 0.367 e. The Labute approximate surface area is 118 Å². The van der Waals surface area contributed by atoms with Gasteiger partial charge < -0.3 is 10.2 Å². The molecule has 0 aromatic heterocycles. The van der Waals surface area contributed by atoms with Crippen LogP contribution < -0.4 is 10.2 Å². The molecule has 1 N–H and O–H groups in total. The van der Waals surface area contributed by atoms with Crippen LogP contribution in [0.4, 0.5) is 5.69 Å². The van der Waals surface area contributed by atoms with Crippen molar-refractivity contribution in [2.45, 2.75) is 46.6 Å². The molecule has 1 aliphatic rings. The number of hydrogen-bond acceptors (Lipinski definition) is 2. The molecule has 19 heavy (non-hydrogen) atoms. The molecule has 1 aromatic rings. The van der Waals surface area contributed by atoms with Crippen LogP contribution >= 0.6 is 0 Å². The van der Waals surface area contributed by atoms with Crippen LogP contribution in [0.2, 0.25) is 0 Å². The van der Waals surface area contributed by atoms with Gasteiger partial charge in [-0.25, -0.2) is 0 Å². The van der Waals surface area contributed by atoms with Crippen molar-refractivity contribution in [2.75, 3.05) is 24.5 Å². The van der Waals surface area contributed by atoms with E-state index in [1.807, 2.05) is 0 Å². The fourth-order valence-electron chi connectivity index (χ4n) is 2.96. The van der Waals surface area contributed by atoms with Crippen molar-refractivity contribution in [1.82, 2.24) is 5.32 Å². The van der Waals surface area contributed by atoms with Crippen LogP contribution in [0.1, 0.15) is 46.1 Å². The Morgan fingerprint density at radius 3 is 2.63 bits per heavy atom. The molecule has 1 aromatic carbocycles. The van der Waals surface area contributed by atoms with Crippen LogP contribution in [0.15, 0.2) is 24.3 Å². The summed E-state index contributed by atoms with van der Waals surface area (Å²) < 4.78 is 0. The molecule has 0 radical (unpaired) electrons. The van der Waals surface area contributed by atoms with Crippen LogP contribution in [0.25, 0.3) is 0 Å². The van der Waals surface area contributed by atoms with Gasteiger partial charge in [0.25, 0.3) is 0 Å². The molecule has 0 spiro atoms. The van der Waals surface area contributed by atoms with Crippen molar-refractivity contribution in [3.63, 3.8) is 0 Å². The second-order valence-corrected chi connectivity index (χ2v) is 6.99. The maximum absolute atomic E-state index is 3.59. The zero-order chi connectivity index (χ0) is 14.0. The molecule has 106 valence electrons. The first-order valence-corrected chi connectivity index (χ1v) is 7.47. The fraction of sp³-hybridized carbons (Fsp3) is 0.647. The van der Waals surface area contributed by atoms with Gasteiger partial charge in [0.2, 0.25) is 0 Å². The van der Waals surface area contributed by atoms with E-state index in [2.05, 4.69) is 69.1 Å². The Bertz CT molecular complexity index is 423. The Kier molecular flexibility index (Phi) is 4.19. The molecule has 1 saturated heterocycles. The average Bonchev–Trinajstić information content (AvgIpc) is 2.48. The minimum Gasteiger partial charge on any atom is -0.367 e. The quantitative estimate of drug-likeness (QED) is 0.873. The zero-order valence-corrected chi connectivity index (χ0v) is 13.0. The summed E-state index contributed by atoms with van der Waals surface area (Å²) >= 11 is 0. The summed E-state index contributed by atoms with van der Waals surface area (Å²) in [5.74, 6) is 0.572. The number of benzene rings is 1. The number of anilines is 1. The van der Waals surface area contributed by atoms with Crippen molar-refractivity contribution in [3.8, 4) is 0 Å². The third-order valence-corrected chi connectivity index (χ3v) is 4.04. The zero-order valence-electron chi connectivity index (χ0n) is 13.0. The second kappa shape index (κ2) is 5.54. The summed E-state index contributed by atoms with van der Waals surface area (Å²) in [6.07, 6.45) is 0. The van der Waals surface area contributed by atoms with Crippen LogP contribution in [0, 0.1) is 5.41 Å². The summed E-state index contributed by atoms with van der Waals surface area (Å²) in [7, 11) is 0. The number of nitrogens with zero attached hydrogens (tertiary/aromatic N) is 1. The molecule has 0 saturated carbocycles. The van der Waals surface area contributed by atoms with E-state index < -0.39 is 0 Å². The predicted molar refractivity (Wildman–Crippen MR) is 84.0 cm³/mol. The van der Waals surface area contributed by atoms with Crippen molar-refractivity contribution >= 4 is 5.69 Å². The van der Waals surface area contributed by atoms with Crippen molar-refractivity contribution in [1.29, 1.82) is 0 Å². The molecule has 1 unspecified atom stereocenters. The first-order valence-electron chi connectivity index (χ1n) is 7.47. The summed E-state index contributed by atoms with van der Waals surface area (Å²) in [5, 5.41) is 3.59. The number of rotatable bonds is 2. The Balaban J connectivity index is 2.37. The molecule has 2 heteroatoms. The van der Waals surface area contributed by atoms with Crippen molar-refractivity contribution < 1.29 is 0 Å². The number of hydrogen-bond donors (Lipinski definition) is 1. The lowest BCUT2D eigenvalue weighted by molar-refractivity contribution is 0.369. The second-order valence-electron chi connectivity index (χ2n) is 6.99. The highest BCUT2D eigenvalue weighted by atomic mass is 15.2. The Morgan fingerprint density at radius 1 is 1.26 bits per heavy atom. The fourth-order valence-corrected chi connectivity index (χ4v) is 2.96. The maximum atomic E-state index is 3.59. The third kappa shape index (κ3) is 3.30. The first-order chi connectivity index (χ1) is 8.91. The van der Waals surface area contributed by atoms with Gasteiger partial charge in [0, 0.05) is 31.4 Å². The lowest BCUT2D eigenvalue weighted by Crippen LogP contribution is -2.40. The molecule has 2 rings (SSSR count). The molecule has 2 nitrogen and oxygen atoms in total. The van der Waals surface area contributed by atoms with E-state index in [1.165, 1.54) is 11.3 Å². The van der Waals surface area contributed by atoms with Crippen LogP contribution in [0.5, 0.6) is 0 Å². The topological polar surface area (TPSA) is 15.3 Å². The summed E-state index contributed by atoms with van der Waals surface area (Å²) in [5.41, 5.74) is 3.20. The standard InChI is InChI=1S/C17H28N2/c1-13(2)15-8-6-7-9-16(15)19-12-17(4,5)11-18-10-14(19)3/h6-9,13-14,18H,10-12H2,1-5H3. The molecule has 0 aliphatic carbocycles. The van der Waals surface area contributed by atoms with E-state index in [-0.39, 0.29) is 0 Å². The van der Waals surface area contributed by atoms with Crippen LogP contribution in [-0.2, 0) is 0 Å². The molecule has 1 fully saturated rings. The van der Waals surface area contributed by atoms with E-state index in [4.69, 9.17) is 0 Å². The Hall–Kier alpha value is -1.02. The first kappa shape index (κ1) is 14.4. The smallest absolute Gasteiger partial charge is 0.0404 e. The molecule has 0 amide bonds. The van der Waals surface area contributed by atoms with Gasteiger partial charge in [-0.3, -0.25) is 0 Å². The van der Waals surface area contributed by atoms with Gasteiger partial charge in [-0.05, 0) is 29.9 Å². The summed E-state index contributed by atoms with van der Waals surface area (Å²) in [6.45, 7) is 14.9. The predicted octanol–water partition coefficient (Wildman–Crippen LogP) is 3.63.